The normalized spacial score (nSPS) is 10.8. The SMILES string of the molecule is NC(=O)c1nnsc1-n1nnc2ccccc21. The molecule has 84 valence electrons. The number of amides is 1. The topological polar surface area (TPSA) is 99.6 Å². The van der Waals surface area contributed by atoms with Crippen LogP contribution in [0.2, 0.25) is 0 Å². The van der Waals surface area contributed by atoms with Crippen molar-refractivity contribution in [3.05, 3.63) is 30.0 Å². The molecule has 0 atom stereocenters. The molecule has 1 aromatic carbocycles. The monoisotopic (exact) mass is 246 g/mol. The number of primary amides is 1. The van der Waals surface area contributed by atoms with Gasteiger partial charge in [-0.1, -0.05) is 21.8 Å². The van der Waals surface area contributed by atoms with Gasteiger partial charge in [-0.05, 0) is 12.1 Å². The van der Waals surface area contributed by atoms with Gasteiger partial charge in [-0.3, -0.25) is 4.79 Å². The van der Waals surface area contributed by atoms with Crippen LogP contribution in [0.5, 0.6) is 0 Å². The van der Waals surface area contributed by atoms with Gasteiger partial charge in [0, 0.05) is 11.5 Å². The molecule has 1 amide bonds. The molecule has 0 spiro atoms. The Bertz CT molecular complexity index is 702. The first-order valence-electron chi connectivity index (χ1n) is 4.70. The minimum absolute atomic E-state index is 0.102. The van der Waals surface area contributed by atoms with Crippen LogP contribution in [0.15, 0.2) is 24.3 Å². The van der Waals surface area contributed by atoms with E-state index < -0.39 is 5.91 Å². The largest absolute Gasteiger partial charge is 0.364 e. The van der Waals surface area contributed by atoms with Crippen LogP contribution in [0.25, 0.3) is 16.0 Å². The molecule has 2 aromatic heterocycles. The van der Waals surface area contributed by atoms with Crippen molar-refractivity contribution in [3.63, 3.8) is 0 Å². The molecule has 7 nitrogen and oxygen atoms in total. The summed E-state index contributed by atoms with van der Waals surface area (Å²) in [7, 11) is 0. The van der Waals surface area contributed by atoms with Crippen LogP contribution in [0, 0.1) is 0 Å². The molecule has 0 bridgehead atoms. The summed E-state index contributed by atoms with van der Waals surface area (Å²) in [4.78, 5) is 11.2. The fourth-order valence-electron chi connectivity index (χ4n) is 1.50. The molecule has 0 unspecified atom stereocenters. The van der Waals surface area contributed by atoms with Crippen molar-refractivity contribution in [1.82, 2.24) is 24.6 Å². The Morgan fingerprint density at radius 2 is 2.12 bits per heavy atom. The number of nitrogens with zero attached hydrogens (tertiary/aromatic N) is 5. The van der Waals surface area contributed by atoms with Gasteiger partial charge in [0.1, 0.15) is 5.52 Å². The fraction of sp³-hybridized carbons (Fsp3) is 0. The molecule has 0 saturated heterocycles. The first-order chi connectivity index (χ1) is 8.27. The zero-order chi connectivity index (χ0) is 11.8. The number of hydrogen-bond donors (Lipinski definition) is 1. The van der Waals surface area contributed by atoms with E-state index in [2.05, 4.69) is 19.9 Å². The van der Waals surface area contributed by atoms with Crippen LogP contribution < -0.4 is 5.73 Å². The van der Waals surface area contributed by atoms with Crippen LogP contribution >= 0.6 is 11.5 Å². The lowest BCUT2D eigenvalue weighted by Gasteiger charge is -1.97. The number of fused-ring (bicyclic) bond motifs is 1. The average molecular weight is 246 g/mol. The van der Waals surface area contributed by atoms with E-state index in [1.54, 1.807) is 0 Å². The predicted molar refractivity (Wildman–Crippen MR) is 60.8 cm³/mol. The highest BCUT2D eigenvalue weighted by molar-refractivity contribution is 7.08. The van der Waals surface area contributed by atoms with E-state index in [0.717, 1.165) is 22.6 Å². The maximum absolute atomic E-state index is 11.2. The lowest BCUT2D eigenvalue weighted by atomic mass is 10.3. The summed E-state index contributed by atoms with van der Waals surface area (Å²) in [5.41, 5.74) is 6.83. The number of aromatic nitrogens is 5. The minimum Gasteiger partial charge on any atom is -0.364 e. The number of rotatable bonds is 2. The van der Waals surface area contributed by atoms with E-state index >= 15 is 0 Å². The Morgan fingerprint density at radius 1 is 1.29 bits per heavy atom. The zero-order valence-electron chi connectivity index (χ0n) is 8.44. The summed E-state index contributed by atoms with van der Waals surface area (Å²) in [5.74, 6) is -0.631. The van der Waals surface area contributed by atoms with Crippen molar-refractivity contribution < 1.29 is 4.79 Å². The first kappa shape index (κ1) is 9.85. The van der Waals surface area contributed by atoms with Gasteiger partial charge in [-0.15, -0.1) is 10.2 Å². The van der Waals surface area contributed by atoms with Gasteiger partial charge < -0.3 is 5.73 Å². The van der Waals surface area contributed by atoms with E-state index in [4.69, 9.17) is 5.73 Å². The van der Waals surface area contributed by atoms with Crippen molar-refractivity contribution in [1.29, 1.82) is 0 Å². The van der Waals surface area contributed by atoms with Crippen molar-refractivity contribution in [2.45, 2.75) is 0 Å². The highest BCUT2D eigenvalue weighted by Gasteiger charge is 2.18. The van der Waals surface area contributed by atoms with E-state index in [1.165, 1.54) is 4.68 Å². The Kier molecular flexibility index (Phi) is 2.08. The molecule has 2 heterocycles. The first-order valence-corrected chi connectivity index (χ1v) is 5.47. The lowest BCUT2D eigenvalue weighted by Crippen LogP contribution is -2.14. The van der Waals surface area contributed by atoms with Crippen LogP contribution in [-0.2, 0) is 0 Å². The highest BCUT2D eigenvalue weighted by Crippen LogP contribution is 2.20. The van der Waals surface area contributed by atoms with Gasteiger partial charge in [0.15, 0.2) is 10.7 Å². The molecule has 3 aromatic rings. The summed E-state index contributed by atoms with van der Waals surface area (Å²) in [6, 6.07) is 7.40. The van der Waals surface area contributed by atoms with Crippen LogP contribution in [0.4, 0.5) is 0 Å². The second-order valence-corrected chi connectivity index (χ2v) is 4.01. The third kappa shape index (κ3) is 1.46. The summed E-state index contributed by atoms with van der Waals surface area (Å²) >= 11 is 1.05. The number of para-hydroxylation sites is 1. The van der Waals surface area contributed by atoms with Gasteiger partial charge in [0.2, 0.25) is 0 Å². The Labute approximate surface area is 99.0 Å². The predicted octanol–water partition coefficient (Wildman–Crippen LogP) is 0.371. The van der Waals surface area contributed by atoms with Gasteiger partial charge in [0.25, 0.3) is 5.91 Å². The third-order valence-electron chi connectivity index (χ3n) is 2.25. The molecule has 0 fully saturated rings. The number of carbonyl (C=O) groups is 1. The van der Waals surface area contributed by atoms with Gasteiger partial charge in [-0.2, -0.15) is 4.68 Å². The molecule has 2 N–H and O–H groups in total. The van der Waals surface area contributed by atoms with Gasteiger partial charge in [-0.25, -0.2) is 0 Å². The number of hydrogen-bond acceptors (Lipinski definition) is 6. The van der Waals surface area contributed by atoms with Crippen molar-refractivity contribution in [2.75, 3.05) is 0 Å². The van der Waals surface area contributed by atoms with Crippen molar-refractivity contribution in [2.24, 2.45) is 5.73 Å². The second-order valence-electron chi connectivity index (χ2n) is 3.28. The number of benzene rings is 1. The standard InChI is InChI=1S/C9H6N6OS/c10-8(16)7-9(17-14-12-7)15-6-4-2-1-3-5(6)11-13-15/h1-4H,(H2,10,16). The Morgan fingerprint density at radius 3 is 2.94 bits per heavy atom. The van der Waals surface area contributed by atoms with Crippen LogP contribution in [0.1, 0.15) is 10.5 Å². The third-order valence-corrected chi connectivity index (χ3v) is 2.95. The molecular formula is C9H6N6OS. The summed E-state index contributed by atoms with van der Waals surface area (Å²) < 4.78 is 5.22. The molecule has 8 heteroatoms. The zero-order valence-corrected chi connectivity index (χ0v) is 9.26. The van der Waals surface area contributed by atoms with E-state index in [0.29, 0.717) is 5.00 Å². The average Bonchev–Trinajstić information content (AvgIpc) is 2.94. The van der Waals surface area contributed by atoms with Crippen molar-refractivity contribution >= 4 is 28.5 Å². The summed E-state index contributed by atoms with van der Waals surface area (Å²) in [5, 5.41) is 12.1. The van der Waals surface area contributed by atoms with E-state index in [-0.39, 0.29) is 5.69 Å². The summed E-state index contributed by atoms with van der Waals surface area (Å²) in [6.07, 6.45) is 0. The lowest BCUT2D eigenvalue weighted by molar-refractivity contribution is 0.0995. The molecule has 17 heavy (non-hydrogen) atoms. The van der Waals surface area contributed by atoms with Gasteiger partial charge >= 0.3 is 0 Å². The maximum Gasteiger partial charge on any atom is 0.272 e. The highest BCUT2D eigenvalue weighted by atomic mass is 32.1. The van der Waals surface area contributed by atoms with Crippen LogP contribution in [0.3, 0.4) is 0 Å². The van der Waals surface area contributed by atoms with Gasteiger partial charge in [0.05, 0.1) is 5.52 Å². The second kappa shape index (κ2) is 3.59. The smallest absolute Gasteiger partial charge is 0.272 e. The minimum atomic E-state index is -0.631. The molecule has 0 aliphatic rings. The molecule has 0 radical (unpaired) electrons. The number of nitrogens with two attached hydrogens (primary N) is 1. The van der Waals surface area contributed by atoms with Crippen molar-refractivity contribution in [3.8, 4) is 5.00 Å². The molecular weight excluding hydrogens is 240 g/mol. The summed E-state index contributed by atoms with van der Waals surface area (Å²) in [6.45, 7) is 0. The molecule has 0 aliphatic heterocycles. The fourth-order valence-corrected chi connectivity index (χ4v) is 2.14. The molecule has 0 aliphatic carbocycles. The number of carbonyl (C=O) groups excluding carboxylic acids is 1. The molecule has 3 rings (SSSR count). The van der Waals surface area contributed by atoms with E-state index in [9.17, 15) is 4.79 Å². The molecule has 0 saturated carbocycles. The van der Waals surface area contributed by atoms with E-state index in [1.807, 2.05) is 24.3 Å². The maximum atomic E-state index is 11.2. The van der Waals surface area contributed by atoms with Crippen LogP contribution in [-0.4, -0.2) is 30.5 Å². The Hall–Kier alpha value is -2.35. The quantitative estimate of drug-likeness (QED) is 0.704. The Balaban J connectivity index is 2.28.